The molecule has 0 saturated carbocycles. The fourth-order valence-electron chi connectivity index (χ4n) is 2.64. The van der Waals surface area contributed by atoms with Gasteiger partial charge in [-0.3, -0.25) is 0 Å². The van der Waals surface area contributed by atoms with Gasteiger partial charge in [0.05, 0.1) is 12.6 Å². The van der Waals surface area contributed by atoms with Gasteiger partial charge in [-0.1, -0.05) is 0 Å². The van der Waals surface area contributed by atoms with E-state index in [0.29, 0.717) is 0 Å². The molecule has 10 heteroatoms. The summed E-state index contributed by atoms with van der Waals surface area (Å²) in [7, 11) is 1.35. The lowest BCUT2D eigenvalue weighted by molar-refractivity contribution is -0.280. The first-order chi connectivity index (χ1) is 10.4. The molecule has 2 rings (SSSR count). The Balaban J connectivity index is 2.07. The van der Waals surface area contributed by atoms with Crippen molar-refractivity contribution in [3.8, 4) is 0 Å². The lowest BCUT2D eigenvalue weighted by Gasteiger charge is -2.42. The first kappa shape index (κ1) is 17.9. The van der Waals surface area contributed by atoms with Crippen LogP contribution in [0.15, 0.2) is 0 Å². The summed E-state index contributed by atoms with van der Waals surface area (Å²) < 4.78 is 21.2. The molecule has 0 spiro atoms. The van der Waals surface area contributed by atoms with Gasteiger partial charge in [0.1, 0.15) is 36.6 Å². The Morgan fingerprint density at radius 1 is 1.00 bits per heavy atom. The highest BCUT2D eigenvalue weighted by Crippen LogP contribution is 2.29. The minimum Gasteiger partial charge on any atom is -0.394 e. The summed E-state index contributed by atoms with van der Waals surface area (Å²) in [5, 5.41) is 39.1. The predicted octanol–water partition coefficient (Wildman–Crippen LogP) is -4.17. The van der Waals surface area contributed by atoms with Crippen molar-refractivity contribution in [3.05, 3.63) is 0 Å². The van der Waals surface area contributed by atoms with Gasteiger partial charge in [-0.05, 0) is 0 Å². The first-order valence-electron chi connectivity index (χ1n) is 7.04. The average molecular weight is 324 g/mol. The van der Waals surface area contributed by atoms with Crippen LogP contribution in [0.2, 0.25) is 0 Å². The normalized spacial score (nSPS) is 49.5. The van der Waals surface area contributed by atoms with Gasteiger partial charge in [0, 0.05) is 13.7 Å². The zero-order valence-electron chi connectivity index (χ0n) is 12.2. The van der Waals surface area contributed by atoms with Crippen LogP contribution in [0.25, 0.3) is 0 Å². The molecular formula is C12H24N2O8. The van der Waals surface area contributed by atoms with Crippen molar-refractivity contribution in [2.45, 2.75) is 55.2 Å². The summed E-state index contributed by atoms with van der Waals surface area (Å²) in [4.78, 5) is 0. The first-order valence-corrected chi connectivity index (χ1v) is 7.04. The molecule has 0 bridgehead atoms. The molecule has 0 aromatic carbocycles. The summed E-state index contributed by atoms with van der Waals surface area (Å²) in [6.07, 6.45) is -8.43. The Morgan fingerprint density at radius 2 is 1.64 bits per heavy atom. The van der Waals surface area contributed by atoms with Crippen LogP contribution in [0.4, 0.5) is 0 Å². The van der Waals surface area contributed by atoms with E-state index in [9.17, 15) is 20.4 Å². The van der Waals surface area contributed by atoms with Crippen LogP contribution in [-0.4, -0.2) is 95.9 Å². The van der Waals surface area contributed by atoms with Gasteiger partial charge in [-0.25, -0.2) is 0 Å². The van der Waals surface area contributed by atoms with E-state index < -0.39 is 61.9 Å². The summed E-state index contributed by atoms with van der Waals surface area (Å²) >= 11 is 0. The molecule has 2 fully saturated rings. The van der Waals surface area contributed by atoms with Crippen LogP contribution in [0.5, 0.6) is 0 Å². The molecule has 9 unspecified atom stereocenters. The van der Waals surface area contributed by atoms with E-state index in [1.54, 1.807) is 0 Å². The summed E-state index contributed by atoms with van der Waals surface area (Å²) in [5.74, 6) is 0. The van der Waals surface area contributed by atoms with E-state index in [-0.39, 0.29) is 6.54 Å². The van der Waals surface area contributed by atoms with Crippen molar-refractivity contribution < 1.29 is 39.4 Å². The number of hydrogen-bond acceptors (Lipinski definition) is 10. The third-order valence-corrected chi connectivity index (χ3v) is 3.97. The quantitative estimate of drug-likeness (QED) is 0.291. The Labute approximate surface area is 127 Å². The van der Waals surface area contributed by atoms with Crippen molar-refractivity contribution in [1.29, 1.82) is 0 Å². The maximum Gasteiger partial charge on any atom is 0.186 e. The average Bonchev–Trinajstić information content (AvgIpc) is 2.83. The Morgan fingerprint density at radius 3 is 2.18 bits per heavy atom. The van der Waals surface area contributed by atoms with Gasteiger partial charge < -0.3 is 50.8 Å². The molecule has 130 valence electrons. The molecule has 2 saturated heterocycles. The maximum atomic E-state index is 10.1. The fraction of sp³-hybridized carbons (Fsp3) is 1.00. The number of rotatable bonds is 5. The third kappa shape index (κ3) is 3.26. The summed E-state index contributed by atoms with van der Waals surface area (Å²) in [6.45, 7) is -0.451. The molecular weight excluding hydrogens is 300 g/mol. The standard InChI is InChI=1S/C12H24N2O8/c1-19-12-9(18)10(5(3-15)21-12)22-11-6(14)8(17)7(16)4(2-13)20-11/h4-12,15-18H,2-3,13-14H2,1H3. The number of hydrogen-bond donors (Lipinski definition) is 6. The van der Waals surface area contributed by atoms with Crippen molar-refractivity contribution >= 4 is 0 Å². The van der Waals surface area contributed by atoms with Crippen LogP contribution in [-0.2, 0) is 18.9 Å². The highest BCUT2D eigenvalue weighted by Gasteiger charge is 2.49. The van der Waals surface area contributed by atoms with E-state index >= 15 is 0 Å². The lowest BCUT2D eigenvalue weighted by atomic mass is 9.97. The Kier molecular flexibility index (Phi) is 6.07. The molecule has 2 aliphatic rings. The number of aliphatic hydroxyl groups excluding tert-OH is 4. The molecule has 10 nitrogen and oxygen atoms in total. The molecule has 8 N–H and O–H groups in total. The molecule has 0 aliphatic carbocycles. The van der Waals surface area contributed by atoms with Crippen LogP contribution in [0.1, 0.15) is 0 Å². The van der Waals surface area contributed by atoms with Crippen molar-refractivity contribution in [1.82, 2.24) is 0 Å². The SMILES string of the molecule is COC1OC(CO)C(OC2OC(CN)C(O)C(O)C2N)C1O. The van der Waals surface area contributed by atoms with E-state index in [1.807, 2.05) is 0 Å². The summed E-state index contributed by atoms with van der Waals surface area (Å²) in [6, 6.07) is -1.05. The maximum absolute atomic E-state index is 10.1. The largest absolute Gasteiger partial charge is 0.394 e. The molecule has 0 aromatic heterocycles. The predicted molar refractivity (Wildman–Crippen MR) is 71.3 cm³/mol. The highest BCUT2D eigenvalue weighted by atomic mass is 16.7. The molecule has 0 radical (unpaired) electrons. The Hall–Kier alpha value is -0.400. The molecule has 9 atom stereocenters. The Bertz CT molecular complexity index is 358. The molecule has 0 aromatic rings. The van der Waals surface area contributed by atoms with E-state index in [1.165, 1.54) is 7.11 Å². The van der Waals surface area contributed by atoms with Gasteiger partial charge in [-0.2, -0.15) is 0 Å². The fourth-order valence-corrected chi connectivity index (χ4v) is 2.64. The smallest absolute Gasteiger partial charge is 0.186 e. The zero-order valence-corrected chi connectivity index (χ0v) is 12.2. The van der Waals surface area contributed by atoms with Gasteiger partial charge in [0.15, 0.2) is 12.6 Å². The monoisotopic (exact) mass is 324 g/mol. The second kappa shape index (κ2) is 7.45. The number of methoxy groups -OCH3 is 1. The summed E-state index contributed by atoms with van der Waals surface area (Å²) in [5.41, 5.74) is 11.3. The van der Waals surface area contributed by atoms with Crippen molar-refractivity contribution in [3.63, 3.8) is 0 Å². The van der Waals surface area contributed by atoms with Gasteiger partial charge in [0.25, 0.3) is 0 Å². The second-order valence-corrected chi connectivity index (χ2v) is 5.39. The van der Waals surface area contributed by atoms with Crippen LogP contribution in [0, 0.1) is 0 Å². The number of ether oxygens (including phenoxy) is 4. The van der Waals surface area contributed by atoms with Crippen molar-refractivity contribution in [2.75, 3.05) is 20.3 Å². The minimum absolute atomic E-state index is 0.0430. The van der Waals surface area contributed by atoms with E-state index in [0.717, 1.165) is 0 Å². The van der Waals surface area contributed by atoms with Crippen LogP contribution >= 0.6 is 0 Å². The number of nitrogens with two attached hydrogens (primary N) is 2. The number of aliphatic hydroxyl groups is 4. The van der Waals surface area contributed by atoms with Crippen LogP contribution < -0.4 is 11.5 Å². The highest BCUT2D eigenvalue weighted by molar-refractivity contribution is 4.94. The van der Waals surface area contributed by atoms with E-state index in [4.69, 9.17) is 30.4 Å². The molecule has 22 heavy (non-hydrogen) atoms. The topological polar surface area (TPSA) is 170 Å². The van der Waals surface area contributed by atoms with Gasteiger partial charge in [0.2, 0.25) is 0 Å². The molecule has 2 heterocycles. The zero-order chi connectivity index (χ0) is 16.4. The third-order valence-electron chi connectivity index (χ3n) is 3.97. The van der Waals surface area contributed by atoms with Gasteiger partial charge in [-0.15, -0.1) is 0 Å². The molecule has 2 aliphatic heterocycles. The lowest BCUT2D eigenvalue weighted by Crippen LogP contribution is -2.64. The van der Waals surface area contributed by atoms with Crippen LogP contribution in [0.3, 0.4) is 0 Å². The van der Waals surface area contributed by atoms with E-state index in [2.05, 4.69) is 0 Å². The molecule has 0 amide bonds. The second-order valence-electron chi connectivity index (χ2n) is 5.39. The van der Waals surface area contributed by atoms with Crippen molar-refractivity contribution in [2.24, 2.45) is 11.5 Å². The van der Waals surface area contributed by atoms with Gasteiger partial charge >= 0.3 is 0 Å². The minimum atomic E-state index is -1.29.